The quantitative estimate of drug-likeness (QED) is 0.480. The molecule has 0 unspecified atom stereocenters. The van der Waals surface area contributed by atoms with Crippen LogP contribution in [0.3, 0.4) is 0 Å². The van der Waals surface area contributed by atoms with Crippen molar-refractivity contribution in [3.8, 4) is 12.1 Å². The van der Waals surface area contributed by atoms with E-state index in [1.807, 2.05) is 73.1 Å². The van der Waals surface area contributed by atoms with Crippen LogP contribution < -0.4 is 5.32 Å². The lowest BCUT2D eigenvalue weighted by Gasteiger charge is -2.36. The van der Waals surface area contributed by atoms with E-state index in [1.165, 1.54) is 0 Å². The SMILES string of the molecule is N#Cc1ccc(CNC(Cc2cccc(C#N)c2)(c2cccnc2)c2cccnc2)cc1. The molecule has 0 aliphatic carbocycles. The standard InChI is InChI=1S/C27H21N5/c28-16-21-8-10-22(11-9-21)18-32-27(25-6-2-12-30-19-25,26-7-3-13-31-20-26)15-23-4-1-5-24(14-23)17-29/h1-14,19-20,32H,15,18H2. The molecule has 2 aromatic heterocycles. The second-order valence-corrected chi connectivity index (χ2v) is 7.54. The maximum absolute atomic E-state index is 9.38. The zero-order valence-electron chi connectivity index (χ0n) is 17.4. The van der Waals surface area contributed by atoms with Crippen molar-refractivity contribution >= 4 is 0 Å². The molecule has 4 aromatic rings. The number of pyridine rings is 2. The number of nitrogens with zero attached hydrogens (tertiary/aromatic N) is 4. The number of hydrogen-bond donors (Lipinski definition) is 1. The Morgan fingerprint density at radius 1 is 0.719 bits per heavy atom. The van der Waals surface area contributed by atoms with Crippen LogP contribution in [0.4, 0.5) is 0 Å². The molecule has 2 aromatic carbocycles. The zero-order chi connectivity index (χ0) is 22.2. The lowest BCUT2D eigenvalue weighted by Crippen LogP contribution is -2.45. The lowest BCUT2D eigenvalue weighted by molar-refractivity contribution is 0.392. The van der Waals surface area contributed by atoms with Gasteiger partial charge in [-0.3, -0.25) is 15.3 Å². The van der Waals surface area contributed by atoms with E-state index in [0.29, 0.717) is 24.1 Å². The van der Waals surface area contributed by atoms with Crippen LogP contribution in [0.1, 0.15) is 33.4 Å². The highest BCUT2D eigenvalue weighted by Gasteiger charge is 2.35. The molecule has 0 aliphatic rings. The van der Waals surface area contributed by atoms with Crippen molar-refractivity contribution in [1.29, 1.82) is 10.5 Å². The van der Waals surface area contributed by atoms with Crippen LogP contribution in [-0.2, 0) is 18.5 Å². The van der Waals surface area contributed by atoms with E-state index in [9.17, 15) is 5.26 Å². The molecule has 0 saturated carbocycles. The molecular formula is C27H21N5. The average molecular weight is 416 g/mol. The van der Waals surface area contributed by atoms with Gasteiger partial charge in [0.2, 0.25) is 0 Å². The highest BCUT2D eigenvalue weighted by Crippen LogP contribution is 2.33. The maximum atomic E-state index is 9.38. The Kier molecular flexibility index (Phi) is 6.32. The summed E-state index contributed by atoms with van der Waals surface area (Å²) in [6.45, 7) is 0.577. The average Bonchev–Trinajstić information content (AvgIpc) is 2.88. The number of aromatic nitrogens is 2. The van der Waals surface area contributed by atoms with Gasteiger partial charge in [0, 0.05) is 31.3 Å². The molecule has 154 valence electrons. The topological polar surface area (TPSA) is 85.4 Å². The summed E-state index contributed by atoms with van der Waals surface area (Å²) in [5.74, 6) is 0. The molecule has 5 heteroatoms. The van der Waals surface area contributed by atoms with Crippen LogP contribution in [0, 0.1) is 22.7 Å². The van der Waals surface area contributed by atoms with Gasteiger partial charge >= 0.3 is 0 Å². The van der Waals surface area contributed by atoms with Crippen molar-refractivity contribution in [2.45, 2.75) is 18.5 Å². The summed E-state index contributed by atoms with van der Waals surface area (Å²) in [4.78, 5) is 8.76. The Hall–Kier alpha value is -4.32. The van der Waals surface area contributed by atoms with Crippen LogP contribution in [0.25, 0.3) is 0 Å². The molecule has 0 amide bonds. The van der Waals surface area contributed by atoms with Gasteiger partial charge in [-0.25, -0.2) is 0 Å². The van der Waals surface area contributed by atoms with Gasteiger partial charge in [0.1, 0.15) is 0 Å². The van der Waals surface area contributed by atoms with Crippen molar-refractivity contribution < 1.29 is 0 Å². The Bertz CT molecular complexity index is 1210. The van der Waals surface area contributed by atoms with E-state index in [0.717, 1.165) is 22.3 Å². The van der Waals surface area contributed by atoms with Gasteiger partial charge < -0.3 is 0 Å². The third-order valence-electron chi connectivity index (χ3n) is 5.51. The second kappa shape index (κ2) is 9.66. The summed E-state index contributed by atoms with van der Waals surface area (Å²) >= 11 is 0. The monoisotopic (exact) mass is 415 g/mol. The first-order chi connectivity index (χ1) is 15.7. The smallest absolute Gasteiger partial charge is 0.0991 e. The van der Waals surface area contributed by atoms with Gasteiger partial charge in [-0.15, -0.1) is 0 Å². The minimum absolute atomic E-state index is 0.577. The lowest BCUT2D eigenvalue weighted by atomic mass is 9.78. The van der Waals surface area contributed by atoms with E-state index in [2.05, 4.69) is 39.6 Å². The molecule has 0 bridgehead atoms. The molecule has 0 aliphatic heterocycles. The van der Waals surface area contributed by atoms with Crippen LogP contribution in [-0.4, -0.2) is 9.97 Å². The maximum Gasteiger partial charge on any atom is 0.0991 e. The Morgan fingerprint density at radius 2 is 1.38 bits per heavy atom. The third-order valence-corrected chi connectivity index (χ3v) is 5.51. The summed E-state index contributed by atoms with van der Waals surface area (Å²) in [6.07, 6.45) is 7.86. The molecule has 0 spiro atoms. The number of nitrogens with one attached hydrogen (secondary N) is 1. The van der Waals surface area contributed by atoms with Gasteiger partial charge in [0.25, 0.3) is 0 Å². The normalized spacial score (nSPS) is 10.8. The van der Waals surface area contributed by atoms with Crippen LogP contribution in [0.5, 0.6) is 0 Å². The van der Waals surface area contributed by atoms with Crippen LogP contribution in [0.2, 0.25) is 0 Å². The zero-order valence-corrected chi connectivity index (χ0v) is 17.4. The highest BCUT2D eigenvalue weighted by atomic mass is 15.0. The Balaban J connectivity index is 1.80. The largest absolute Gasteiger partial charge is 0.299 e. The van der Waals surface area contributed by atoms with Gasteiger partial charge in [-0.2, -0.15) is 10.5 Å². The fraction of sp³-hybridized carbons (Fsp3) is 0.111. The summed E-state index contributed by atoms with van der Waals surface area (Å²) in [7, 11) is 0. The molecule has 0 saturated heterocycles. The van der Waals surface area contributed by atoms with Crippen molar-refractivity contribution in [3.05, 3.63) is 131 Å². The molecular weight excluding hydrogens is 394 g/mol. The van der Waals surface area contributed by atoms with Crippen molar-refractivity contribution in [2.75, 3.05) is 0 Å². The highest BCUT2D eigenvalue weighted by molar-refractivity contribution is 5.41. The number of nitriles is 2. The van der Waals surface area contributed by atoms with Gasteiger partial charge in [0.05, 0.1) is 28.8 Å². The van der Waals surface area contributed by atoms with Crippen molar-refractivity contribution in [1.82, 2.24) is 15.3 Å². The van der Waals surface area contributed by atoms with Gasteiger partial charge in [-0.05, 0) is 65.1 Å². The number of rotatable bonds is 7. The van der Waals surface area contributed by atoms with E-state index in [-0.39, 0.29) is 0 Å². The summed E-state index contributed by atoms with van der Waals surface area (Å²) < 4.78 is 0. The van der Waals surface area contributed by atoms with E-state index >= 15 is 0 Å². The first-order valence-electron chi connectivity index (χ1n) is 10.3. The molecule has 4 rings (SSSR count). The Labute approximate surface area is 187 Å². The molecule has 0 radical (unpaired) electrons. The fourth-order valence-corrected chi connectivity index (χ4v) is 3.87. The van der Waals surface area contributed by atoms with Crippen LogP contribution >= 0.6 is 0 Å². The second-order valence-electron chi connectivity index (χ2n) is 7.54. The first kappa shape index (κ1) is 20.9. The third kappa shape index (κ3) is 4.54. The number of benzene rings is 2. The molecule has 1 N–H and O–H groups in total. The number of hydrogen-bond acceptors (Lipinski definition) is 5. The molecule has 32 heavy (non-hydrogen) atoms. The molecule has 2 heterocycles. The van der Waals surface area contributed by atoms with Crippen molar-refractivity contribution in [3.63, 3.8) is 0 Å². The molecule has 0 atom stereocenters. The molecule has 5 nitrogen and oxygen atoms in total. The first-order valence-corrected chi connectivity index (χ1v) is 10.3. The predicted octanol–water partition coefficient (Wildman–Crippen LogP) is 4.50. The minimum Gasteiger partial charge on any atom is -0.299 e. The summed E-state index contributed by atoms with van der Waals surface area (Å²) in [5.41, 5.74) is 4.74. The fourth-order valence-electron chi connectivity index (χ4n) is 3.87. The predicted molar refractivity (Wildman–Crippen MR) is 122 cm³/mol. The van der Waals surface area contributed by atoms with E-state index in [1.54, 1.807) is 12.4 Å². The minimum atomic E-state index is -0.621. The van der Waals surface area contributed by atoms with E-state index < -0.39 is 5.54 Å². The van der Waals surface area contributed by atoms with E-state index in [4.69, 9.17) is 5.26 Å². The van der Waals surface area contributed by atoms with Gasteiger partial charge in [0.15, 0.2) is 0 Å². The summed E-state index contributed by atoms with van der Waals surface area (Å²) in [6, 6.07) is 27.6. The molecule has 0 fully saturated rings. The van der Waals surface area contributed by atoms with Crippen molar-refractivity contribution in [2.24, 2.45) is 0 Å². The summed E-state index contributed by atoms with van der Waals surface area (Å²) in [5, 5.41) is 22.2. The van der Waals surface area contributed by atoms with Gasteiger partial charge in [-0.1, -0.05) is 36.4 Å². The van der Waals surface area contributed by atoms with Crippen LogP contribution in [0.15, 0.2) is 97.6 Å². The Morgan fingerprint density at radius 3 is 1.94 bits per heavy atom.